The lowest BCUT2D eigenvalue weighted by molar-refractivity contribution is 0.369. The van der Waals surface area contributed by atoms with Gasteiger partial charge in [0.25, 0.3) is 0 Å². The highest BCUT2D eigenvalue weighted by Crippen LogP contribution is 2.60. The Morgan fingerprint density at radius 3 is 3.00 bits per heavy atom. The molecule has 3 rings (SSSR count). The zero-order chi connectivity index (χ0) is 7.42. The van der Waals surface area contributed by atoms with E-state index >= 15 is 0 Å². The predicted molar refractivity (Wildman–Crippen MR) is 42.6 cm³/mol. The molecule has 2 heteroatoms. The van der Waals surface area contributed by atoms with Crippen LogP contribution in [-0.4, -0.2) is 19.0 Å². The number of rotatable bonds is 0. The van der Waals surface area contributed by atoms with Crippen molar-refractivity contribution in [3.8, 4) is 0 Å². The SMILES string of the molecule is COC1=N[C@@H]2CCC[C@@H]3[C@H]1[C@@H]32. The van der Waals surface area contributed by atoms with E-state index in [1.807, 2.05) is 0 Å². The second-order valence-electron chi connectivity index (χ2n) is 3.94. The molecule has 2 aliphatic carbocycles. The molecule has 11 heavy (non-hydrogen) atoms. The lowest BCUT2D eigenvalue weighted by atomic mass is 9.96. The van der Waals surface area contributed by atoms with Gasteiger partial charge in [0.2, 0.25) is 0 Å². The third-order valence-corrected chi connectivity index (χ3v) is 3.50. The Kier molecular flexibility index (Phi) is 0.984. The van der Waals surface area contributed by atoms with Crippen molar-refractivity contribution in [2.45, 2.75) is 25.3 Å². The first-order chi connectivity index (χ1) is 5.42. The summed E-state index contributed by atoms with van der Waals surface area (Å²) in [7, 11) is 1.76. The van der Waals surface area contributed by atoms with Crippen LogP contribution < -0.4 is 0 Å². The molecule has 0 amide bonds. The van der Waals surface area contributed by atoms with Gasteiger partial charge in [-0.25, -0.2) is 0 Å². The summed E-state index contributed by atoms with van der Waals surface area (Å²) in [6.45, 7) is 0. The van der Waals surface area contributed by atoms with Crippen molar-refractivity contribution in [1.82, 2.24) is 0 Å². The van der Waals surface area contributed by atoms with Crippen LogP contribution in [0.3, 0.4) is 0 Å². The number of fused-ring (bicyclic) bond motifs is 1. The molecule has 0 N–H and O–H groups in total. The first-order valence-corrected chi connectivity index (χ1v) is 4.53. The van der Waals surface area contributed by atoms with E-state index in [0.29, 0.717) is 6.04 Å². The molecule has 0 spiro atoms. The van der Waals surface area contributed by atoms with E-state index < -0.39 is 0 Å². The molecular formula is C9H13NO. The molecule has 2 nitrogen and oxygen atoms in total. The van der Waals surface area contributed by atoms with E-state index in [9.17, 15) is 0 Å². The minimum absolute atomic E-state index is 0.647. The number of nitrogens with zero attached hydrogens (tertiary/aromatic N) is 1. The summed E-state index contributed by atoms with van der Waals surface area (Å²) < 4.78 is 5.25. The minimum atomic E-state index is 0.647. The van der Waals surface area contributed by atoms with Crippen molar-refractivity contribution in [3.05, 3.63) is 0 Å². The Morgan fingerprint density at radius 1 is 1.45 bits per heavy atom. The Morgan fingerprint density at radius 2 is 2.36 bits per heavy atom. The smallest absolute Gasteiger partial charge is 0.187 e. The van der Waals surface area contributed by atoms with Gasteiger partial charge in [-0.1, -0.05) is 6.42 Å². The van der Waals surface area contributed by atoms with Crippen molar-refractivity contribution >= 4 is 5.90 Å². The molecule has 4 atom stereocenters. The van der Waals surface area contributed by atoms with E-state index in [1.54, 1.807) is 7.11 Å². The fourth-order valence-electron chi connectivity index (χ4n) is 2.99. The monoisotopic (exact) mass is 151 g/mol. The number of hydrogen-bond acceptors (Lipinski definition) is 2. The van der Waals surface area contributed by atoms with Crippen LogP contribution in [0, 0.1) is 17.8 Å². The van der Waals surface area contributed by atoms with Gasteiger partial charge in [0, 0.05) is 5.92 Å². The van der Waals surface area contributed by atoms with Gasteiger partial charge in [-0.3, -0.25) is 4.99 Å². The molecule has 0 aromatic heterocycles. The van der Waals surface area contributed by atoms with Crippen LogP contribution in [0.4, 0.5) is 0 Å². The Balaban J connectivity index is 1.91. The number of ether oxygens (including phenoxy) is 1. The van der Waals surface area contributed by atoms with Crippen LogP contribution in [0.2, 0.25) is 0 Å². The molecule has 2 saturated carbocycles. The summed E-state index contributed by atoms with van der Waals surface area (Å²) in [5, 5.41) is 0. The summed E-state index contributed by atoms with van der Waals surface area (Å²) in [5.41, 5.74) is 0. The standard InChI is InChI=1S/C9H13NO/c1-11-9-8-5-3-2-4-6(10-9)7(5)8/h5-8H,2-4H2,1H3/t5-,6+,7-,8-/m0/s1. The van der Waals surface area contributed by atoms with Gasteiger partial charge in [0.05, 0.1) is 13.2 Å². The van der Waals surface area contributed by atoms with E-state index in [-0.39, 0.29) is 0 Å². The topological polar surface area (TPSA) is 21.6 Å². The fourth-order valence-corrected chi connectivity index (χ4v) is 2.99. The van der Waals surface area contributed by atoms with Gasteiger partial charge in [0.15, 0.2) is 5.90 Å². The van der Waals surface area contributed by atoms with Gasteiger partial charge in [-0.05, 0) is 24.7 Å². The maximum Gasteiger partial charge on any atom is 0.187 e. The summed E-state index contributed by atoms with van der Waals surface area (Å²) in [5.74, 6) is 3.66. The quantitative estimate of drug-likeness (QED) is 0.513. The van der Waals surface area contributed by atoms with Gasteiger partial charge in [-0.15, -0.1) is 0 Å². The van der Waals surface area contributed by atoms with Crippen molar-refractivity contribution in [3.63, 3.8) is 0 Å². The zero-order valence-electron chi connectivity index (χ0n) is 6.79. The number of hydrogen-bond donors (Lipinski definition) is 0. The highest BCUT2D eigenvalue weighted by molar-refractivity contribution is 5.85. The largest absolute Gasteiger partial charge is 0.484 e. The summed E-state index contributed by atoms with van der Waals surface area (Å²) in [6.07, 6.45) is 4.13. The molecule has 0 saturated heterocycles. The average molecular weight is 151 g/mol. The number of methoxy groups -OCH3 is 1. The highest BCUT2D eigenvalue weighted by atomic mass is 16.5. The average Bonchev–Trinajstić information content (AvgIpc) is 2.59. The molecule has 1 heterocycles. The van der Waals surface area contributed by atoms with Crippen LogP contribution in [0.5, 0.6) is 0 Å². The zero-order valence-corrected chi connectivity index (χ0v) is 6.79. The van der Waals surface area contributed by atoms with Crippen LogP contribution >= 0.6 is 0 Å². The van der Waals surface area contributed by atoms with E-state index in [1.165, 1.54) is 19.3 Å². The Labute approximate surface area is 66.7 Å². The van der Waals surface area contributed by atoms with Crippen LogP contribution in [0.25, 0.3) is 0 Å². The molecule has 3 aliphatic rings. The van der Waals surface area contributed by atoms with Crippen LogP contribution in [0.1, 0.15) is 19.3 Å². The molecule has 60 valence electrons. The molecule has 0 radical (unpaired) electrons. The minimum Gasteiger partial charge on any atom is -0.484 e. The summed E-state index contributed by atoms with van der Waals surface area (Å²) in [6, 6.07) is 0.647. The third kappa shape index (κ3) is 0.608. The maximum absolute atomic E-state index is 5.25. The lowest BCUT2D eigenvalue weighted by Gasteiger charge is -2.16. The molecule has 2 fully saturated rings. The van der Waals surface area contributed by atoms with E-state index in [0.717, 1.165) is 23.7 Å². The highest BCUT2D eigenvalue weighted by Gasteiger charge is 2.62. The molecule has 0 unspecified atom stereocenters. The first-order valence-electron chi connectivity index (χ1n) is 4.53. The van der Waals surface area contributed by atoms with E-state index in [2.05, 4.69) is 4.99 Å². The molecule has 1 aliphatic heterocycles. The van der Waals surface area contributed by atoms with Gasteiger partial charge in [0.1, 0.15) is 0 Å². The second kappa shape index (κ2) is 1.79. The van der Waals surface area contributed by atoms with Gasteiger partial charge < -0.3 is 4.74 Å². The fraction of sp³-hybridized carbons (Fsp3) is 0.889. The Hall–Kier alpha value is -0.530. The van der Waals surface area contributed by atoms with Crippen LogP contribution in [-0.2, 0) is 4.74 Å². The van der Waals surface area contributed by atoms with Gasteiger partial charge >= 0.3 is 0 Å². The van der Waals surface area contributed by atoms with Crippen molar-refractivity contribution in [2.75, 3.05) is 7.11 Å². The van der Waals surface area contributed by atoms with Gasteiger partial charge in [-0.2, -0.15) is 0 Å². The lowest BCUT2D eigenvalue weighted by Crippen LogP contribution is -2.14. The predicted octanol–water partition coefficient (Wildman–Crippen LogP) is 1.46. The van der Waals surface area contributed by atoms with Crippen molar-refractivity contribution < 1.29 is 4.74 Å². The summed E-state index contributed by atoms with van der Waals surface area (Å²) in [4.78, 5) is 4.55. The first kappa shape index (κ1) is 6.04. The third-order valence-electron chi connectivity index (χ3n) is 3.50. The number of aliphatic imine (C=N–C) groups is 1. The molecule has 0 bridgehead atoms. The maximum atomic E-state index is 5.25. The van der Waals surface area contributed by atoms with Crippen molar-refractivity contribution in [1.29, 1.82) is 0 Å². The normalized spacial score (nSPS) is 51.5. The summed E-state index contributed by atoms with van der Waals surface area (Å²) >= 11 is 0. The molecular weight excluding hydrogens is 138 g/mol. The van der Waals surface area contributed by atoms with Crippen LogP contribution in [0.15, 0.2) is 4.99 Å². The van der Waals surface area contributed by atoms with E-state index in [4.69, 9.17) is 4.74 Å². The molecule has 0 aromatic carbocycles. The second-order valence-corrected chi connectivity index (χ2v) is 3.94. The molecule has 0 aromatic rings. The van der Waals surface area contributed by atoms with Crippen molar-refractivity contribution in [2.24, 2.45) is 22.7 Å². The Bertz CT molecular complexity index is 224.